The first-order valence-corrected chi connectivity index (χ1v) is 7.58. The Bertz CT molecular complexity index is 1000. The molecular formula is C18H13ClFNO2. The molecule has 0 fully saturated rings. The monoisotopic (exact) mass is 329 g/mol. The standard InChI is InChI=1S/C18H13ClFNO2/c1-18(2)11-7-8(22)3-4-9(11)16(23)13-10-5-6-12(19)14(20)15(10)21-17(13)18/h3-7,21-22H,1-2H3. The fourth-order valence-corrected chi connectivity index (χ4v) is 3.58. The zero-order chi connectivity index (χ0) is 16.5. The largest absolute Gasteiger partial charge is 0.508 e. The molecule has 116 valence electrons. The third-order valence-corrected chi connectivity index (χ3v) is 4.93. The van der Waals surface area contributed by atoms with E-state index in [-0.39, 0.29) is 22.1 Å². The van der Waals surface area contributed by atoms with Gasteiger partial charge < -0.3 is 10.1 Å². The van der Waals surface area contributed by atoms with Crippen LogP contribution in [-0.2, 0) is 5.41 Å². The number of H-pyrrole nitrogens is 1. The zero-order valence-corrected chi connectivity index (χ0v) is 13.3. The summed E-state index contributed by atoms with van der Waals surface area (Å²) in [6.07, 6.45) is 0. The van der Waals surface area contributed by atoms with Crippen molar-refractivity contribution < 1.29 is 14.3 Å². The Labute approximate surface area is 136 Å². The predicted octanol–water partition coefficient (Wildman–Crippen LogP) is 4.54. The maximum atomic E-state index is 14.3. The Morgan fingerprint density at radius 1 is 1.22 bits per heavy atom. The van der Waals surface area contributed by atoms with Gasteiger partial charge in [-0.25, -0.2) is 4.39 Å². The van der Waals surface area contributed by atoms with Crippen molar-refractivity contribution in [3.8, 4) is 5.75 Å². The van der Waals surface area contributed by atoms with E-state index in [1.807, 2.05) is 13.8 Å². The first kappa shape index (κ1) is 14.3. The summed E-state index contributed by atoms with van der Waals surface area (Å²) in [5, 5.41) is 10.3. The van der Waals surface area contributed by atoms with E-state index in [0.29, 0.717) is 27.8 Å². The Morgan fingerprint density at radius 2 is 1.96 bits per heavy atom. The van der Waals surface area contributed by atoms with Crippen LogP contribution in [0, 0.1) is 5.82 Å². The third kappa shape index (κ3) is 1.72. The smallest absolute Gasteiger partial charge is 0.195 e. The van der Waals surface area contributed by atoms with Gasteiger partial charge in [0.2, 0.25) is 0 Å². The van der Waals surface area contributed by atoms with Crippen molar-refractivity contribution >= 4 is 28.3 Å². The summed E-state index contributed by atoms with van der Waals surface area (Å²) in [6, 6.07) is 7.81. The average Bonchev–Trinajstić information content (AvgIpc) is 2.90. The van der Waals surface area contributed by atoms with Crippen LogP contribution >= 0.6 is 11.6 Å². The van der Waals surface area contributed by atoms with Crippen molar-refractivity contribution in [1.82, 2.24) is 4.98 Å². The van der Waals surface area contributed by atoms with Gasteiger partial charge in [-0.05, 0) is 29.8 Å². The Hall–Kier alpha value is -2.33. The van der Waals surface area contributed by atoms with E-state index < -0.39 is 11.2 Å². The van der Waals surface area contributed by atoms with Crippen molar-refractivity contribution in [1.29, 1.82) is 0 Å². The number of hydrogen-bond acceptors (Lipinski definition) is 2. The summed E-state index contributed by atoms with van der Waals surface area (Å²) in [4.78, 5) is 16.0. The van der Waals surface area contributed by atoms with E-state index in [0.717, 1.165) is 0 Å². The molecule has 1 heterocycles. The number of aromatic amines is 1. The van der Waals surface area contributed by atoms with Crippen LogP contribution < -0.4 is 0 Å². The quantitative estimate of drug-likeness (QED) is 0.636. The summed E-state index contributed by atoms with van der Waals surface area (Å²) in [7, 11) is 0. The second kappa shape index (κ2) is 4.36. The topological polar surface area (TPSA) is 53.1 Å². The van der Waals surface area contributed by atoms with Crippen LogP contribution in [0.4, 0.5) is 4.39 Å². The predicted molar refractivity (Wildman–Crippen MR) is 86.9 cm³/mol. The van der Waals surface area contributed by atoms with Crippen LogP contribution in [0.25, 0.3) is 10.9 Å². The molecule has 0 bridgehead atoms. The maximum absolute atomic E-state index is 14.3. The van der Waals surface area contributed by atoms with Gasteiger partial charge in [0, 0.05) is 22.1 Å². The molecule has 4 rings (SSSR count). The molecular weight excluding hydrogens is 317 g/mol. The molecule has 0 spiro atoms. The normalized spacial score (nSPS) is 15.6. The lowest BCUT2D eigenvalue weighted by molar-refractivity contribution is 0.103. The summed E-state index contributed by atoms with van der Waals surface area (Å²) in [6.45, 7) is 3.87. The fourth-order valence-electron chi connectivity index (χ4n) is 3.42. The van der Waals surface area contributed by atoms with Crippen molar-refractivity contribution in [3.63, 3.8) is 0 Å². The van der Waals surface area contributed by atoms with E-state index >= 15 is 0 Å². The molecule has 5 heteroatoms. The number of phenolic OH excluding ortho intramolecular Hbond substituents is 1. The van der Waals surface area contributed by atoms with Crippen molar-refractivity contribution in [2.45, 2.75) is 19.3 Å². The summed E-state index contributed by atoms with van der Waals surface area (Å²) in [5.74, 6) is -0.644. The lowest BCUT2D eigenvalue weighted by atomic mass is 9.71. The minimum atomic E-state index is -0.574. The first-order chi connectivity index (χ1) is 10.8. The highest BCUT2D eigenvalue weighted by molar-refractivity contribution is 6.32. The van der Waals surface area contributed by atoms with Crippen LogP contribution in [0.2, 0.25) is 5.02 Å². The molecule has 23 heavy (non-hydrogen) atoms. The number of phenols is 1. The summed E-state index contributed by atoms with van der Waals surface area (Å²) >= 11 is 5.86. The highest BCUT2D eigenvalue weighted by atomic mass is 35.5. The van der Waals surface area contributed by atoms with Gasteiger partial charge in [0.25, 0.3) is 0 Å². The molecule has 1 aliphatic carbocycles. The number of aromatic nitrogens is 1. The molecule has 1 aliphatic rings. The molecule has 1 aromatic heterocycles. The van der Waals surface area contributed by atoms with Crippen molar-refractivity contribution in [3.05, 3.63) is 63.6 Å². The van der Waals surface area contributed by atoms with Gasteiger partial charge in [0.1, 0.15) is 5.75 Å². The van der Waals surface area contributed by atoms with Gasteiger partial charge in [-0.3, -0.25) is 4.79 Å². The molecule has 0 atom stereocenters. The van der Waals surface area contributed by atoms with E-state index in [2.05, 4.69) is 4.98 Å². The zero-order valence-electron chi connectivity index (χ0n) is 12.5. The molecule has 2 aromatic carbocycles. The second-order valence-corrected chi connectivity index (χ2v) is 6.75. The lowest BCUT2D eigenvalue weighted by Gasteiger charge is -2.32. The molecule has 3 nitrogen and oxygen atoms in total. The number of halogens is 2. The average molecular weight is 330 g/mol. The number of benzene rings is 2. The number of nitrogens with one attached hydrogen (secondary N) is 1. The van der Waals surface area contributed by atoms with Crippen LogP contribution in [0.5, 0.6) is 5.75 Å². The van der Waals surface area contributed by atoms with Gasteiger partial charge >= 0.3 is 0 Å². The van der Waals surface area contributed by atoms with Crippen LogP contribution in [-0.4, -0.2) is 15.9 Å². The molecule has 0 saturated carbocycles. The minimum absolute atomic E-state index is 0.0107. The summed E-state index contributed by atoms with van der Waals surface area (Å²) in [5.41, 5.74) is 2.01. The highest BCUT2D eigenvalue weighted by Gasteiger charge is 2.40. The van der Waals surface area contributed by atoms with Crippen molar-refractivity contribution in [2.75, 3.05) is 0 Å². The van der Waals surface area contributed by atoms with E-state index in [4.69, 9.17) is 11.6 Å². The number of fused-ring (bicyclic) bond motifs is 4. The number of rotatable bonds is 0. The number of ketones is 1. The number of carbonyl (C=O) groups is 1. The lowest BCUT2D eigenvalue weighted by Crippen LogP contribution is -2.30. The SMILES string of the molecule is CC1(C)c2cc(O)ccc2C(=O)c2c1[nH]c1c(F)c(Cl)ccc21. The van der Waals surface area contributed by atoms with E-state index in [1.54, 1.807) is 18.2 Å². The van der Waals surface area contributed by atoms with Gasteiger partial charge in [-0.2, -0.15) is 0 Å². The molecule has 3 aromatic rings. The van der Waals surface area contributed by atoms with Crippen molar-refractivity contribution in [2.24, 2.45) is 0 Å². The fraction of sp³-hybridized carbons (Fsp3) is 0.167. The van der Waals surface area contributed by atoms with Crippen LogP contribution in [0.1, 0.15) is 41.0 Å². The molecule has 0 radical (unpaired) electrons. The molecule has 0 saturated heterocycles. The van der Waals surface area contributed by atoms with Crippen LogP contribution in [0.3, 0.4) is 0 Å². The Balaban J connectivity index is 2.14. The van der Waals surface area contributed by atoms with Gasteiger partial charge in [-0.1, -0.05) is 31.5 Å². The number of aromatic hydroxyl groups is 1. The highest BCUT2D eigenvalue weighted by Crippen LogP contribution is 2.45. The minimum Gasteiger partial charge on any atom is -0.508 e. The first-order valence-electron chi connectivity index (χ1n) is 7.20. The number of carbonyl (C=O) groups excluding carboxylic acids is 1. The Kier molecular flexibility index (Phi) is 2.70. The molecule has 0 amide bonds. The summed E-state index contributed by atoms with van der Waals surface area (Å²) < 4.78 is 14.3. The van der Waals surface area contributed by atoms with E-state index in [9.17, 15) is 14.3 Å². The second-order valence-electron chi connectivity index (χ2n) is 6.34. The van der Waals surface area contributed by atoms with Gasteiger partial charge in [0.05, 0.1) is 16.1 Å². The maximum Gasteiger partial charge on any atom is 0.195 e. The van der Waals surface area contributed by atoms with Gasteiger partial charge in [-0.15, -0.1) is 0 Å². The van der Waals surface area contributed by atoms with Crippen LogP contribution in [0.15, 0.2) is 30.3 Å². The number of hydrogen-bond donors (Lipinski definition) is 2. The third-order valence-electron chi connectivity index (χ3n) is 4.64. The molecule has 0 aliphatic heterocycles. The van der Waals surface area contributed by atoms with E-state index in [1.165, 1.54) is 12.1 Å². The molecule has 2 N–H and O–H groups in total. The van der Waals surface area contributed by atoms with Gasteiger partial charge in [0.15, 0.2) is 11.6 Å². The Morgan fingerprint density at radius 3 is 2.70 bits per heavy atom. The molecule has 0 unspecified atom stereocenters.